The predicted octanol–water partition coefficient (Wildman–Crippen LogP) is 3.68. The number of para-hydroxylation sites is 1. The van der Waals surface area contributed by atoms with Gasteiger partial charge in [0.2, 0.25) is 0 Å². The van der Waals surface area contributed by atoms with Gasteiger partial charge in [0.15, 0.2) is 5.96 Å². The highest BCUT2D eigenvalue weighted by molar-refractivity contribution is 5.86. The fourth-order valence-corrected chi connectivity index (χ4v) is 3.17. The van der Waals surface area contributed by atoms with Crippen molar-refractivity contribution in [3.63, 3.8) is 0 Å². The van der Waals surface area contributed by atoms with E-state index in [9.17, 15) is 10.1 Å². The molecular formula is C21H25N5O2. The number of nitro groups is 1. The number of aryl methyl sites for hydroxylation is 1. The Hall–Kier alpha value is -3.35. The average Bonchev–Trinajstić information content (AvgIpc) is 3.11. The van der Waals surface area contributed by atoms with Gasteiger partial charge in [-0.05, 0) is 37.0 Å². The van der Waals surface area contributed by atoms with Gasteiger partial charge in [0.25, 0.3) is 5.69 Å². The smallest absolute Gasteiger partial charge is 0.269 e. The lowest BCUT2D eigenvalue weighted by Gasteiger charge is -2.11. The van der Waals surface area contributed by atoms with E-state index in [0.29, 0.717) is 12.5 Å². The van der Waals surface area contributed by atoms with E-state index in [1.807, 2.05) is 13.0 Å². The number of nitrogens with zero attached hydrogens (tertiary/aromatic N) is 2. The molecule has 7 nitrogen and oxygen atoms in total. The van der Waals surface area contributed by atoms with E-state index in [-0.39, 0.29) is 10.6 Å². The quantitative estimate of drug-likeness (QED) is 0.253. The summed E-state index contributed by atoms with van der Waals surface area (Å²) in [5, 5.41) is 18.7. The van der Waals surface area contributed by atoms with Crippen molar-refractivity contribution in [1.82, 2.24) is 15.6 Å². The summed E-state index contributed by atoms with van der Waals surface area (Å²) < 4.78 is 0. The molecule has 0 aliphatic rings. The molecule has 3 N–H and O–H groups in total. The fraction of sp³-hybridized carbons (Fsp3) is 0.286. The van der Waals surface area contributed by atoms with Crippen molar-refractivity contribution in [2.24, 2.45) is 4.99 Å². The standard InChI is InChI=1S/C21H25N5O2/c1-3-22-21(25-13-16-7-5-8-18(12-16)26(27)28)23-11-10-17-14-24-20-15(2)6-4-9-19(17)20/h4-9,12,14,24H,3,10-11,13H2,1-2H3,(H2,22,23,25). The second kappa shape index (κ2) is 9.03. The van der Waals surface area contributed by atoms with Crippen molar-refractivity contribution in [2.45, 2.75) is 26.8 Å². The maximum Gasteiger partial charge on any atom is 0.269 e. The molecule has 0 atom stereocenters. The number of guanidine groups is 1. The van der Waals surface area contributed by atoms with Crippen LogP contribution in [0.3, 0.4) is 0 Å². The van der Waals surface area contributed by atoms with Gasteiger partial charge in [0.05, 0.1) is 11.5 Å². The number of benzene rings is 2. The monoisotopic (exact) mass is 379 g/mol. The Morgan fingerprint density at radius 1 is 1.21 bits per heavy atom. The van der Waals surface area contributed by atoms with E-state index in [2.05, 4.69) is 51.9 Å². The third kappa shape index (κ3) is 4.68. The summed E-state index contributed by atoms with van der Waals surface area (Å²) >= 11 is 0. The number of rotatable bonds is 7. The topological polar surface area (TPSA) is 95.3 Å². The number of aromatic nitrogens is 1. The van der Waals surface area contributed by atoms with Gasteiger partial charge < -0.3 is 15.6 Å². The number of non-ortho nitro benzene ring substituents is 1. The molecular weight excluding hydrogens is 354 g/mol. The Morgan fingerprint density at radius 3 is 2.82 bits per heavy atom. The predicted molar refractivity (Wildman–Crippen MR) is 113 cm³/mol. The molecule has 1 aromatic heterocycles. The van der Waals surface area contributed by atoms with Gasteiger partial charge in [-0.25, -0.2) is 4.99 Å². The van der Waals surface area contributed by atoms with Gasteiger partial charge in [-0.3, -0.25) is 10.1 Å². The van der Waals surface area contributed by atoms with Gasteiger partial charge >= 0.3 is 0 Å². The molecule has 0 fully saturated rings. The van der Waals surface area contributed by atoms with E-state index >= 15 is 0 Å². The molecule has 0 aliphatic heterocycles. The van der Waals surface area contributed by atoms with Crippen LogP contribution < -0.4 is 10.6 Å². The minimum absolute atomic E-state index is 0.0836. The van der Waals surface area contributed by atoms with Gasteiger partial charge in [-0.15, -0.1) is 0 Å². The summed E-state index contributed by atoms with van der Waals surface area (Å²) in [5.74, 6) is 0.699. The summed E-state index contributed by atoms with van der Waals surface area (Å²) in [6, 6.07) is 12.9. The number of aromatic amines is 1. The van der Waals surface area contributed by atoms with Gasteiger partial charge in [0.1, 0.15) is 0 Å². The zero-order valence-corrected chi connectivity index (χ0v) is 16.2. The van der Waals surface area contributed by atoms with Crippen LogP contribution in [-0.4, -0.2) is 29.0 Å². The summed E-state index contributed by atoms with van der Waals surface area (Å²) in [5.41, 5.74) is 4.58. The van der Waals surface area contributed by atoms with Crippen molar-refractivity contribution in [3.8, 4) is 0 Å². The van der Waals surface area contributed by atoms with Crippen LogP contribution in [-0.2, 0) is 13.0 Å². The zero-order valence-electron chi connectivity index (χ0n) is 16.2. The molecule has 0 saturated carbocycles. The van der Waals surface area contributed by atoms with Crippen molar-refractivity contribution < 1.29 is 4.92 Å². The van der Waals surface area contributed by atoms with E-state index < -0.39 is 0 Å². The first-order valence-corrected chi connectivity index (χ1v) is 9.39. The Morgan fingerprint density at radius 2 is 2.04 bits per heavy atom. The minimum atomic E-state index is -0.389. The minimum Gasteiger partial charge on any atom is -0.361 e. The van der Waals surface area contributed by atoms with Crippen LogP contribution >= 0.6 is 0 Å². The number of nitrogens with one attached hydrogen (secondary N) is 3. The van der Waals surface area contributed by atoms with Crippen molar-refractivity contribution in [2.75, 3.05) is 13.1 Å². The summed E-state index contributed by atoms with van der Waals surface area (Å²) in [4.78, 5) is 18.4. The first kappa shape index (κ1) is 19.4. The van der Waals surface area contributed by atoms with E-state index in [1.165, 1.54) is 28.1 Å². The van der Waals surface area contributed by atoms with Crippen LogP contribution in [0.15, 0.2) is 53.7 Å². The second-order valence-electron chi connectivity index (χ2n) is 6.61. The Balaban J connectivity index is 1.62. The highest BCUT2D eigenvalue weighted by Gasteiger charge is 2.07. The SMILES string of the molecule is CCNC(=NCc1cccc([N+](=O)[O-])c1)NCCc1c[nH]c2c(C)cccc12. The molecule has 0 spiro atoms. The van der Waals surface area contributed by atoms with Crippen LogP contribution in [0.5, 0.6) is 0 Å². The summed E-state index contributed by atoms with van der Waals surface area (Å²) in [6.07, 6.45) is 2.93. The van der Waals surface area contributed by atoms with Gasteiger partial charge in [0, 0.05) is 42.3 Å². The Kier molecular flexibility index (Phi) is 6.26. The molecule has 0 bridgehead atoms. The van der Waals surface area contributed by atoms with Crippen LogP contribution in [0.25, 0.3) is 10.9 Å². The lowest BCUT2D eigenvalue weighted by Crippen LogP contribution is -2.38. The highest BCUT2D eigenvalue weighted by atomic mass is 16.6. The fourth-order valence-electron chi connectivity index (χ4n) is 3.17. The molecule has 3 rings (SSSR count). The van der Waals surface area contributed by atoms with E-state index in [1.54, 1.807) is 12.1 Å². The van der Waals surface area contributed by atoms with Crippen molar-refractivity contribution in [3.05, 3.63) is 75.5 Å². The van der Waals surface area contributed by atoms with Crippen LogP contribution in [0, 0.1) is 17.0 Å². The third-order valence-electron chi connectivity index (χ3n) is 4.58. The summed E-state index contributed by atoms with van der Waals surface area (Å²) in [7, 11) is 0. The Bertz CT molecular complexity index is 993. The van der Waals surface area contributed by atoms with Crippen LogP contribution in [0.2, 0.25) is 0 Å². The lowest BCUT2D eigenvalue weighted by molar-refractivity contribution is -0.384. The van der Waals surface area contributed by atoms with Gasteiger partial charge in [-0.2, -0.15) is 0 Å². The molecule has 0 radical (unpaired) electrons. The Labute approximate surface area is 164 Å². The zero-order chi connectivity index (χ0) is 19.9. The van der Waals surface area contributed by atoms with Crippen molar-refractivity contribution >= 4 is 22.5 Å². The van der Waals surface area contributed by atoms with Gasteiger partial charge in [-0.1, -0.05) is 30.3 Å². The maximum atomic E-state index is 10.9. The molecule has 0 amide bonds. The summed E-state index contributed by atoms with van der Waals surface area (Å²) in [6.45, 7) is 5.97. The third-order valence-corrected chi connectivity index (χ3v) is 4.58. The molecule has 146 valence electrons. The van der Waals surface area contributed by atoms with E-state index in [4.69, 9.17) is 0 Å². The average molecular weight is 379 g/mol. The lowest BCUT2D eigenvalue weighted by atomic mass is 10.1. The van der Waals surface area contributed by atoms with Crippen molar-refractivity contribution in [1.29, 1.82) is 0 Å². The first-order chi connectivity index (χ1) is 13.6. The molecule has 1 heterocycles. The number of H-pyrrole nitrogens is 1. The molecule has 0 unspecified atom stereocenters. The van der Waals surface area contributed by atoms with E-state index in [0.717, 1.165) is 25.1 Å². The number of hydrogen-bond acceptors (Lipinski definition) is 3. The highest BCUT2D eigenvalue weighted by Crippen LogP contribution is 2.21. The molecule has 0 aliphatic carbocycles. The molecule has 0 saturated heterocycles. The molecule has 7 heteroatoms. The largest absolute Gasteiger partial charge is 0.361 e. The molecule has 28 heavy (non-hydrogen) atoms. The molecule has 3 aromatic rings. The molecule has 2 aromatic carbocycles. The normalized spacial score (nSPS) is 11.6. The number of hydrogen-bond donors (Lipinski definition) is 3. The first-order valence-electron chi connectivity index (χ1n) is 9.39. The number of nitro benzene ring substituents is 1. The number of aliphatic imine (C=N–C) groups is 1. The second-order valence-corrected chi connectivity index (χ2v) is 6.61. The van der Waals surface area contributed by atoms with Crippen LogP contribution in [0.1, 0.15) is 23.6 Å². The maximum absolute atomic E-state index is 10.9. The van der Waals surface area contributed by atoms with Crippen LogP contribution in [0.4, 0.5) is 5.69 Å². The number of fused-ring (bicyclic) bond motifs is 1.